The van der Waals surface area contributed by atoms with Crippen molar-refractivity contribution >= 4 is 0 Å². The van der Waals surface area contributed by atoms with Gasteiger partial charge in [-0.05, 0) is 37.0 Å². The maximum absolute atomic E-state index is 5.22. The van der Waals surface area contributed by atoms with Crippen molar-refractivity contribution in [1.82, 2.24) is 0 Å². The summed E-state index contributed by atoms with van der Waals surface area (Å²) < 4.78 is 5.22. The molecule has 1 saturated carbocycles. The average molecular weight is 301 g/mol. The molecule has 1 nitrogen and oxygen atoms in total. The van der Waals surface area contributed by atoms with E-state index in [0.717, 1.165) is 31.0 Å². The first-order valence-electron chi connectivity index (χ1n) is 9.63. The highest BCUT2D eigenvalue weighted by Crippen LogP contribution is 2.46. The second-order valence-corrected chi connectivity index (χ2v) is 6.73. The van der Waals surface area contributed by atoms with Crippen molar-refractivity contribution in [1.29, 1.82) is 0 Å². The topological polar surface area (TPSA) is 9.23 Å². The van der Waals surface area contributed by atoms with E-state index < -0.39 is 0 Å². The number of ether oxygens (including phenoxy) is 1. The molecule has 1 aliphatic rings. The van der Waals surface area contributed by atoms with Gasteiger partial charge in [0.2, 0.25) is 0 Å². The highest BCUT2D eigenvalue weighted by atomic mass is 16.5. The Morgan fingerprint density at radius 3 is 1.76 bits per heavy atom. The molecule has 0 aliphatic heterocycles. The molecule has 1 fully saturated rings. The number of hydrogen-bond acceptors (Lipinski definition) is 1. The monoisotopic (exact) mass is 300 g/mol. The quantitative estimate of drug-likeness (QED) is 0.450. The van der Waals surface area contributed by atoms with Crippen LogP contribution in [-0.4, -0.2) is 13.2 Å². The Kier molecular flexibility index (Phi) is 18.1. The van der Waals surface area contributed by atoms with Gasteiger partial charge >= 0.3 is 0 Å². The Labute approximate surface area is 136 Å². The van der Waals surface area contributed by atoms with Crippen molar-refractivity contribution in [3.63, 3.8) is 0 Å². The van der Waals surface area contributed by atoms with Gasteiger partial charge < -0.3 is 4.74 Å². The summed E-state index contributed by atoms with van der Waals surface area (Å²) in [5.41, 5.74) is 0.749. The van der Waals surface area contributed by atoms with Crippen LogP contribution >= 0.6 is 0 Å². The second kappa shape index (κ2) is 16.3. The molecule has 0 aromatic rings. The van der Waals surface area contributed by atoms with E-state index in [0.29, 0.717) is 0 Å². The maximum atomic E-state index is 5.22. The molecule has 1 heteroatoms. The van der Waals surface area contributed by atoms with Crippen LogP contribution in [0.2, 0.25) is 0 Å². The van der Waals surface area contributed by atoms with Gasteiger partial charge in [-0.3, -0.25) is 0 Å². The number of unbranched alkanes of at least 4 members (excludes halogenated alkanes) is 1. The third kappa shape index (κ3) is 13.4. The van der Waals surface area contributed by atoms with Crippen LogP contribution in [0.3, 0.4) is 0 Å². The van der Waals surface area contributed by atoms with Crippen molar-refractivity contribution in [3.05, 3.63) is 0 Å². The van der Waals surface area contributed by atoms with E-state index in [2.05, 4.69) is 48.5 Å². The Balaban J connectivity index is 0. The second-order valence-electron chi connectivity index (χ2n) is 6.73. The zero-order valence-electron chi connectivity index (χ0n) is 16.3. The molecular weight excluding hydrogens is 256 g/mol. The van der Waals surface area contributed by atoms with Gasteiger partial charge in [0.1, 0.15) is 0 Å². The van der Waals surface area contributed by atoms with E-state index in [4.69, 9.17) is 4.74 Å². The van der Waals surface area contributed by atoms with Gasteiger partial charge in [-0.15, -0.1) is 0 Å². The van der Waals surface area contributed by atoms with Crippen LogP contribution < -0.4 is 0 Å². The summed E-state index contributed by atoms with van der Waals surface area (Å²) in [5, 5.41) is 0. The number of hydrogen-bond donors (Lipinski definition) is 0. The fourth-order valence-corrected chi connectivity index (χ4v) is 2.88. The van der Waals surface area contributed by atoms with Crippen LogP contribution in [0.15, 0.2) is 0 Å². The highest BCUT2D eigenvalue weighted by Gasteiger charge is 2.33. The predicted octanol–water partition coefficient (Wildman–Crippen LogP) is 7.24. The minimum Gasteiger partial charge on any atom is -0.381 e. The third-order valence-electron chi connectivity index (χ3n) is 4.44. The van der Waals surface area contributed by atoms with Crippen LogP contribution in [0.5, 0.6) is 0 Å². The lowest BCUT2D eigenvalue weighted by molar-refractivity contribution is 0.132. The van der Waals surface area contributed by atoms with E-state index in [9.17, 15) is 0 Å². The van der Waals surface area contributed by atoms with Crippen LogP contribution in [0.4, 0.5) is 0 Å². The van der Waals surface area contributed by atoms with Gasteiger partial charge in [-0.25, -0.2) is 0 Å². The Bertz CT molecular complexity index is 178. The first-order chi connectivity index (χ1) is 10.1. The van der Waals surface area contributed by atoms with Crippen molar-refractivity contribution in [2.75, 3.05) is 13.2 Å². The fourth-order valence-electron chi connectivity index (χ4n) is 2.88. The molecule has 0 aromatic heterocycles. The summed E-state index contributed by atoms with van der Waals surface area (Å²) >= 11 is 0. The SMILES string of the molecule is CCC.CCC1(CC)CCC(C)C1.CCCCOCCC. The molecule has 1 unspecified atom stereocenters. The molecule has 1 aliphatic carbocycles. The molecule has 0 saturated heterocycles. The highest BCUT2D eigenvalue weighted by molar-refractivity contribution is 4.85. The van der Waals surface area contributed by atoms with Gasteiger partial charge in [-0.1, -0.05) is 80.6 Å². The largest absolute Gasteiger partial charge is 0.381 e. The Morgan fingerprint density at radius 1 is 0.905 bits per heavy atom. The Hall–Kier alpha value is -0.0400. The summed E-state index contributed by atoms with van der Waals surface area (Å²) in [7, 11) is 0. The first-order valence-corrected chi connectivity index (χ1v) is 9.63. The predicted molar refractivity (Wildman–Crippen MR) is 98.0 cm³/mol. The zero-order valence-corrected chi connectivity index (χ0v) is 16.3. The summed E-state index contributed by atoms with van der Waals surface area (Å²) in [6, 6.07) is 0. The summed E-state index contributed by atoms with van der Waals surface area (Å²) in [4.78, 5) is 0. The standard InChI is InChI=1S/C10H20.C7H16O.C3H8/c1-4-10(5-2)7-6-9(3)8-10;1-3-5-7-8-6-4-2;1-3-2/h9H,4-8H2,1-3H3;3-7H2,1-2H3;3H2,1-2H3. The van der Waals surface area contributed by atoms with E-state index in [1.807, 2.05) is 0 Å². The molecule has 0 bridgehead atoms. The average Bonchev–Trinajstić information content (AvgIpc) is 2.87. The molecule has 130 valence electrons. The molecule has 0 aromatic carbocycles. The molecule has 21 heavy (non-hydrogen) atoms. The number of rotatable bonds is 7. The van der Waals surface area contributed by atoms with Crippen molar-refractivity contribution in [2.45, 2.75) is 106 Å². The summed E-state index contributed by atoms with van der Waals surface area (Å²) in [6.45, 7) is 17.5. The van der Waals surface area contributed by atoms with Crippen LogP contribution in [0, 0.1) is 11.3 Å². The minimum absolute atomic E-state index is 0.749. The van der Waals surface area contributed by atoms with Crippen LogP contribution in [0.25, 0.3) is 0 Å². The molecular formula is C20H44O. The maximum Gasteiger partial charge on any atom is 0.0465 e. The molecule has 0 heterocycles. The lowest BCUT2D eigenvalue weighted by atomic mass is 9.80. The van der Waals surface area contributed by atoms with Gasteiger partial charge in [0, 0.05) is 13.2 Å². The normalized spacial score (nSPS) is 19.3. The first kappa shape index (κ1) is 23.2. The molecule has 1 atom stereocenters. The zero-order chi connectivity index (χ0) is 16.6. The van der Waals surface area contributed by atoms with Crippen molar-refractivity contribution < 1.29 is 4.74 Å². The lowest BCUT2D eigenvalue weighted by Gasteiger charge is -2.25. The molecule has 0 amide bonds. The third-order valence-corrected chi connectivity index (χ3v) is 4.44. The summed E-state index contributed by atoms with van der Waals surface area (Å²) in [5.74, 6) is 1.000. The van der Waals surface area contributed by atoms with E-state index in [1.54, 1.807) is 0 Å². The van der Waals surface area contributed by atoms with E-state index in [-0.39, 0.29) is 0 Å². The van der Waals surface area contributed by atoms with Crippen LogP contribution in [0.1, 0.15) is 106 Å². The smallest absolute Gasteiger partial charge is 0.0465 e. The summed E-state index contributed by atoms with van der Waals surface area (Å²) in [6.07, 6.45) is 12.1. The Morgan fingerprint density at radius 2 is 1.48 bits per heavy atom. The van der Waals surface area contributed by atoms with Gasteiger partial charge in [0.05, 0.1) is 0 Å². The van der Waals surface area contributed by atoms with Crippen LogP contribution in [-0.2, 0) is 4.74 Å². The fraction of sp³-hybridized carbons (Fsp3) is 1.00. The molecule has 0 N–H and O–H groups in total. The minimum atomic E-state index is 0.749. The van der Waals surface area contributed by atoms with Crippen molar-refractivity contribution in [2.24, 2.45) is 11.3 Å². The van der Waals surface area contributed by atoms with Gasteiger partial charge in [-0.2, -0.15) is 0 Å². The molecule has 0 spiro atoms. The lowest BCUT2D eigenvalue weighted by Crippen LogP contribution is -2.13. The molecule has 1 rings (SSSR count). The van der Waals surface area contributed by atoms with Gasteiger partial charge in [0.25, 0.3) is 0 Å². The van der Waals surface area contributed by atoms with E-state index in [1.165, 1.54) is 51.4 Å². The van der Waals surface area contributed by atoms with Crippen molar-refractivity contribution in [3.8, 4) is 0 Å². The van der Waals surface area contributed by atoms with E-state index >= 15 is 0 Å². The van der Waals surface area contributed by atoms with Gasteiger partial charge in [0.15, 0.2) is 0 Å². The molecule has 0 radical (unpaired) electrons.